The number of aryl methyl sites for hydroxylation is 1. The molecule has 1 atom stereocenters. The molecule has 0 aliphatic carbocycles. The Morgan fingerprint density at radius 1 is 1.36 bits per heavy atom. The summed E-state index contributed by atoms with van der Waals surface area (Å²) < 4.78 is 3.30. The van der Waals surface area contributed by atoms with Crippen LogP contribution in [0, 0.1) is 17.0 Å². The van der Waals surface area contributed by atoms with E-state index in [1.165, 1.54) is 17.1 Å². The van der Waals surface area contributed by atoms with Crippen LogP contribution in [0.2, 0.25) is 0 Å². The minimum atomic E-state index is -0.726. The number of nitrogens with zero attached hydrogens (tertiary/aromatic N) is 5. The summed E-state index contributed by atoms with van der Waals surface area (Å²) in [5.74, 6) is 0.812. The van der Waals surface area contributed by atoms with Crippen molar-refractivity contribution >= 4 is 16.7 Å². The van der Waals surface area contributed by atoms with Gasteiger partial charge >= 0.3 is 5.69 Å². The quantitative estimate of drug-likeness (QED) is 0.569. The lowest BCUT2D eigenvalue weighted by molar-refractivity contribution is -0.385. The molecule has 0 amide bonds. The van der Waals surface area contributed by atoms with Crippen molar-refractivity contribution in [2.45, 2.75) is 26.1 Å². The van der Waals surface area contributed by atoms with Crippen LogP contribution >= 0.6 is 0 Å². The van der Waals surface area contributed by atoms with E-state index >= 15 is 0 Å². The summed E-state index contributed by atoms with van der Waals surface area (Å²) in [4.78, 5) is 14.6. The Morgan fingerprint density at radius 2 is 2.14 bits per heavy atom. The van der Waals surface area contributed by atoms with Crippen LogP contribution in [0.15, 0.2) is 36.7 Å². The number of nitro groups is 1. The zero-order chi connectivity index (χ0) is 15.7. The average Bonchev–Trinajstić information content (AvgIpc) is 3.05. The SMILES string of the molecule is Cc1nc2ccccc2n1C[C@@H](O)Cn1cc([N+](=O)[O-])cn1. The second kappa shape index (κ2) is 5.57. The van der Waals surface area contributed by atoms with Crippen molar-refractivity contribution in [2.75, 3.05) is 0 Å². The van der Waals surface area contributed by atoms with E-state index in [0.29, 0.717) is 6.54 Å². The van der Waals surface area contributed by atoms with Gasteiger partial charge < -0.3 is 9.67 Å². The van der Waals surface area contributed by atoms with Crippen LogP contribution in [-0.2, 0) is 13.1 Å². The summed E-state index contributed by atoms with van der Waals surface area (Å²) in [5.41, 5.74) is 1.74. The number of imidazole rings is 1. The number of rotatable bonds is 5. The fraction of sp³-hybridized carbons (Fsp3) is 0.286. The fourth-order valence-electron chi connectivity index (χ4n) is 2.46. The topological polar surface area (TPSA) is 99.0 Å². The molecular weight excluding hydrogens is 286 g/mol. The van der Waals surface area contributed by atoms with Crippen molar-refractivity contribution in [1.82, 2.24) is 19.3 Å². The van der Waals surface area contributed by atoms with Crippen molar-refractivity contribution in [3.05, 3.63) is 52.6 Å². The van der Waals surface area contributed by atoms with Crippen molar-refractivity contribution in [3.8, 4) is 0 Å². The Balaban J connectivity index is 1.76. The standard InChI is InChI=1S/C14H15N5O3/c1-10-16-13-4-2-3-5-14(13)18(10)9-12(20)8-17-7-11(6-15-17)19(21)22/h2-7,12,20H,8-9H2,1H3/t12-/m0/s1. The molecule has 0 aliphatic rings. The van der Waals surface area contributed by atoms with Gasteiger partial charge in [0, 0.05) is 0 Å². The molecule has 3 rings (SSSR count). The monoisotopic (exact) mass is 301 g/mol. The molecule has 3 aromatic rings. The van der Waals surface area contributed by atoms with Crippen LogP contribution in [0.3, 0.4) is 0 Å². The summed E-state index contributed by atoms with van der Waals surface area (Å²) in [7, 11) is 0. The molecule has 1 N–H and O–H groups in total. The molecule has 0 spiro atoms. The van der Waals surface area contributed by atoms with Crippen LogP contribution < -0.4 is 0 Å². The van der Waals surface area contributed by atoms with Gasteiger partial charge in [0.1, 0.15) is 18.2 Å². The molecule has 8 heteroatoms. The highest BCUT2D eigenvalue weighted by Crippen LogP contribution is 2.16. The summed E-state index contributed by atoms with van der Waals surface area (Å²) in [6.07, 6.45) is 1.75. The highest BCUT2D eigenvalue weighted by atomic mass is 16.6. The lowest BCUT2D eigenvalue weighted by atomic mass is 10.3. The van der Waals surface area contributed by atoms with E-state index in [-0.39, 0.29) is 12.2 Å². The van der Waals surface area contributed by atoms with Gasteiger partial charge in [0.05, 0.1) is 35.2 Å². The summed E-state index contributed by atoms with van der Waals surface area (Å²) in [6.45, 7) is 2.41. The number of aliphatic hydroxyl groups excluding tert-OH is 1. The van der Waals surface area contributed by atoms with E-state index in [9.17, 15) is 15.2 Å². The minimum absolute atomic E-state index is 0.0866. The molecular formula is C14H15N5O3. The highest BCUT2D eigenvalue weighted by molar-refractivity contribution is 5.75. The van der Waals surface area contributed by atoms with Crippen molar-refractivity contribution in [1.29, 1.82) is 0 Å². The normalized spacial score (nSPS) is 12.6. The van der Waals surface area contributed by atoms with E-state index in [4.69, 9.17) is 0 Å². The Morgan fingerprint density at radius 3 is 2.86 bits per heavy atom. The predicted molar refractivity (Wildman–Crippen MR) is 79.4 cm³/mol. The second-order valence-corrected chi connectivity index (χ2v) is 5.09. The Bertz CT molecular complexity index is 823. The molecule has 1 aromatic carbocycles. The maximum Gasteiger partial charge on any atom is 0.306 e. The highest BCUT2D eigenvalue weighted by Gasteiger charge is 2.14. The van der Waals surface area contributed by atoms with Crippen LogP contribution in [-0.4, -0.2) is 35.5 Å². The molecule has 0 bridgehead atoms. The molecule has 2 aromatic heterocycles. The third-order valence-electron chi connectivity index (χ3n) is 3.47. The zero-order valence-electron chi connectivity index (χ0n) is 12.0. The van der Waals surface area contributed by atoms with E-state index < -0.39 is 11.0 Å². The Hall–Kier alpha value is -2.74. The van der Waals surface area contributed by atoms with Crippen molar-refractivity contribution < 1.29 is 10.0 Å². The van der Waals surface area contributed by atoms with Crippen molar-refractivity contribution in [3.63, 3.8) is 0 Å². The molecule has 0 aliphatic heterocycles. The number of aliphatic hydroxyl groups is 1. The van der Waals surface area contributed by atoms with Gasteiger partial charge in [0.15, 0.2) is 0 Å². The zero-order valence-corrected chi connectivity index (χ0v) is 12.0. The molecule has 0 radical (unpaired) electrons. The van der Waals surface area contributed by atoms with Gasteiger partial charge in [0.25, 0.3) is 0 Å². The van der Waals surface area contributed by atoms with Crippen LogP contribution in [0.4, 0.5) is 5.69 Å². The fourth-order valence-corrected chi connectivity index (χ4v) is 2.46. The van der Waals surface area contributed by atoms with E-state index in [1.807, 2.05) is 35.8 Å². The number of para-hydroxylation sites is 2. The first kappa shape index (κ1) is 14.2. The molecule has 2 heterocycles. The predicted octanol–water partition coefficient (Wildman–Crippen LogP) is 1.51. The van der Waals surface area contributed by atoms with Gasteiger partial charge in [-0.05, 0) is 19.1 Å². The van der Waals surface area contributed by atoms with Gasteiger partial charge in [-0.1, -0.05) is 12.1 Å². The lowest BCUT2D eigenvalue weighted by Crippen LogP contribution is -2.23. The number of fused-ring (bicyclic) bond motifs is 1. The van der Waals surface area contributed by atoms with Gasteiger partial charge in [-0.15, -0.1) is 0 Å². The second-order valence-electron chi connectivity index (χ2n) is 5.09. The van der Waals surface area contributed by atoms with E-state index in [0.717, 1.165) is 16.9 Å². The third-order valence-corrected chi connectivity index (χ3v) is 3.47. The van der Waals surface area contributed by atoms with E-state index in [1.54, 1.807) is 0 Å². The molecule has 0 saturated heterocycles. The first-order valence-electron chi connectivity index (χ1n) is 6.81. The molecule has 22 heavy (non-hydrogen) atoms. The summed E-state index contributed by atoms with van der Waals surface area (Å²) in [5, 5.41) is 24.7. The molecule has 114 valence electrons. The number of aromatic nitrogens is 4. The number of hydrogen-bond donors (Lipinski definition) is 1. The van der Waals surface area contributed by atoms with Gasteiger partial charge in [-0.25, -0.2) is 4.98 Å². The molecule has 8 nitrogen and oxygen atoms in total. The first-order valence-corrected chi connectivity index (χ1v) is 6.81. The van der Waals surface area contributed by atoms with Gasteiger partial charge in [0.2, 0.25) is 0 Å². The van der Waals surface area contributed by atoms with Crippen molar-refractivity contribution in [2.24, 2.45) is 0 Å². The minimum Gasteiger partial charge on any atom is -0.389 e. The van der Waals surface area contributed by atoms with Crippen LogP contribution in [0.25, 0.3) is 11.0 Å². The first-order chi connectivity index (χ1) is 10.5. The maximum absolute atomic E-state index is 10.6. The van der Waals surface area contributed by atoms with Crippen LogP contribution in [0.5, 0.6) is 0 Å². The largest absolute Gasteiger partial charge is 0.389 e. The van der Waals surface area contributed by atoms with Gasteiger partial charge in [-0.3, -0.25) is 14.8 Å². The van der Waals surface area contributed by atoms with Crippen LogP contribution in [0.1, 0.15) is 5.82 Å². The number of benzene rings is 1. The maximum atomic E-state index is 10.6. The third kappa shape index (κ3) is 2.68. The summed E-state index contributed by atoms with van der Waals surface area (Å²) in [6, 6.07) is 7.70. The van der Waals surface area contributed by atoms with Gasteiger partial charge in [-0.2, -0.15) is 5.10 Å². The Labute approximate surface area is 125 Å². The van der Waals surface area contributed by atoms with E-state index in [2.05, 4.69) is 10.1 Å². The molecule has 0 fully saturated rings. The molecule has 0 saturated carbocycles. The Kier molecular flexibility index (Phi) is 3.60. The molecule has 0 unspecified atom stereocenters. The smallest absolute Gasteiger partial charge is 0.306 e. The number of hydrogen-bond acceptors (Lipinski definition) is 5. The average molecular weight is 301 g/mol. The lowest BCUT2D eigenvalue weighted by Gasteiger charge is -2.13. The summed E-state index contributed by atoms with van der Waals surface area (Å²) >= 11 is 0.